The van der Waals surface area contributed by atoms with Crippen molar-refractivity contribution in [3.05, 3.63) is 54.1 Å². The van der Waals surface area contributed by atoms with Gasteiger partial charge in [-0.05, 0) is 37.1 Å². The maximum absolute atomic E-state index is 13.1. The molecule has 0 aliphatic rings. The average Bonchev–Trinajstić information content (AvgIpc) is 3.01. The fraction of sp³-hybridized carbons (Fsp3) is 0.375. The minimum Gasteiger partial charge on any atom is -0.357 e. The van der Waals surface area contributed by atoms with E-state index in [9.17, 15) is 4.39 Å². The summed E-state index contributed by atoms with van der Waals surface area (Å²) in [6.45, 7) is 4.96. The van der Waals surface area contributed by atoms with E-state index in [4.69, 9.17) is 0 Å². The summed E-state index contributed by atoms with van der Waals surface area (Å²) in [5.41, 5.74) is 0.955. The highest BCUT2D eigenvalue weighted by atomic mass is 127. The van der Waals surface area contributed by atoms with Crippen LogP contribution in [0.1, 0.15) is 12.5 Å². The molecule has 0 saturated carbocycles. The third-order valence-corrected chi connectivity index (χ3v) is 3.10. The van der Waals surface area contributed by atoms with Crippen LogP contribution in [0.25, 0.3) is 0 Å². The van der Waals surface area contributed by atoms with E-state index in [-0.39, 0.29) is 29.8 Å². The van der Waals surface area contributed by atoms with Crippen molar-refractivity contribution in [3.63, 3.8) is 0 Å². The molecular formula is C16H23FIN5. The van der Waals surface area contributed by atoms with Crippen molar-refractivity contribution < 1.29 is 4.39 Å². The minimum atomic E-state index is -0.203. The zero-order valence-electron chi connectivity index (χ0n) is 13.2. The van der Waals surface area contributed by atoms with E-state index < -0.39 is 0 Å². The van der Waals surface area contributed by atoms with Gasteiger partial charge in [0.15, 0.2) is 5.96 Å². The van der Waals surface area contributed by atoms with Crippen molar-refractivity contribution in [1.29, 1.82) is 0 Å². The zero-order valence-corrected chi connectivity index (χ0v) is 15.5. The van der Waals surface area contributed by atoms with Gasteiger partial charge in [-0.15, -0.1) is 24.0 Å². The number of halogens is 2. The van der Waals surface area contributed by atoms with Crippen LogP contribution in [0.4, 0.5) is 4.39 Å². The SMILES string of the molecule is CCNC(=NCCc1cccc(F)c1)NCCn1cccn1.I. The second kappa shape index (κ2) is 11.0. The molecule has 0 fully saturated rings. The first-order chi connectivity index (χ1) is 10.8. The normalized spacial score (nSPS) is 11.0. The lowest BCUT2D eigenvalue weighted by Crippen LogP contribution is -2.39. The quantitative estimate of drug-likeness (QED) is 0.403. The van der Waals surface area contributed by atoms with Crippen molar-refractivity contribution in [1.82, 2.24) is 20.4 Å². The highest BCUT2D eigenvalue weighted by Crippen LogP contribution is 2.04. The highest BCUT2D eigenvalue weighted by Gasteiger charge is 1.98. The summed E-state index contributed by atoms with van der Waals surface area (Å²) < 4.78 is 15.0. The lowest BCUT2D eigenvalue weighted by molar-refractivity contribution is 0.598. The lowest BCUT2D eigenvalue weighted by atomic mass is 10.1. The molecule has 0 radical (unpaired) electrons. The van der Waals surface area contributed by atoms with Crippen LogP contribution in [0.2, 0.25) is 0 Å². The number of aromatic nitrogens is 2. The van der Waals surface area contributed by atoms with Crippen LogP contribution < -0.4 is 10.6 Å². The molecule has 0 saturated heterocycles. The van der Waals surface area contributed by atoms with Gasteiger partial charge in [-0.25, -0.2) is 4.39 Å². The number of guanidine groups is 1. The van der Waals surface area contributed by atoms with Gasteiger partial charge in [0.25, 0.3) is 0 Å². The molecule has 23 heavy (non-hydrogen) atoms. The predicted octanol–water partition coefficient (Wildman–Crippen LogP) is 2.44. The van der Waals surface area contributed by atoms with Crippen LogP contribution in [-0.2, 0) is 13.0 Å². The first-order valence-corrected chi connectivity index (χ1v) is 7.52. The molecule has 0 spiro atoms. The van der Waals surface area contributed by atoms with Crippen molar-refractivity contribution in [2.45, 2.75) is 19.9 Å². The Bertz CT molecular complexity index is 586. The molecule has 0 atom stereocenters. The van der Waals surface area contributed by atoms with E-state index in [0.717, 1.165) is 31.2 Å². The first-order valence-electron chi connectivity index (χ1n) is 7.52. The van der Waals surface area contributed by atoms with Gasteiger partial charge in [-0.1, -0.05) is 12.1 Å². The van der Waals surface area contributed by atoms with Crippen molar-refractivity contribution in [2.24, 2.45) is 4.99 Å². The van der Waals surface area contributed by atoms with Gasteiger partial charge in [0.1, 0.15) is 5.82 Å². The second-order valence-corrected chi connectivity index (χ2v) is 4.84. The molecule has 5 nitrogen and oxygen atoms in total. The Hall–Kier alpha value is -1.64. The smallest absolute Gasteiger partial charge is 0.191 e. The standard InChI is InChI=1S/C16H22FN5.HI/c1-2-18-16(20-10-12-22-11-4-8-21-22)19-9-7-14-5-3-6-15(17)13-14;/h3-6,8,11,13H,2,7,9-10,12H2,1H3,(H2,18,19,20);1H. The Kier molecular flexibility index (Phi) is 9.27. The molecule has 0 aliphatic heterocycles. The summed E-state index contributed by atoms with van der Waals surface area (Å²) in [6.07, 6.45) is 4.40. The third kappa shape index (κ3) is 7.45. The molecule has 1 aromatic heterocycles. The van der Waals surface area contributed by atoms with Gasteiger partial charge < -0.3 is 10.6 Å². The lowest BCUT2D eigenvalue weighted by Gasteiger charge is -2.11. The molecule has 7 heteroatoms. The fourth-order valence-corrected chi connectivity index (χ4v) is 2.05. The maximum Gasteiger partial charge on any atom is 0.191 e. The largest absolute Gasteiger partial charge is 0.357 e. The van der Waals surface area contributed by atoms with E-state index in [1.807, 2.05) is 29.9 Å². The summed E-state index contributed by atoms with van der Waals surface area (Å²) in [7, 11) is 0. The van der Waals surface area contributed by atoms with Crippen LogP contribution in [0, 0.1) is 5.82 Å². The van der Waals surface area contributed by atoms with Crippen LogP contribution in [-0.4, -0.2) is 35.4 Å². The Morgan fingerprint density at radius 1 is 1.30 bits per heavy atom. The van der Waals surface area contributed by atoms with Crippen LogP contribution in [0.3, 0.4) is 0 Å². The summed E-state index contributed by atoms with van der Waals surface area (Å²) in [5.74, 6) is 0.566. The average molecular weight is 431 g/mol. The fourth-order valence-electron chi connectivity index (χ4n) is 2.05. The number of nitrogens with one attached hydrogen (secondary N) is 2. The summed E-state index contributed by atoms with van der Waals surface area (Å²) in [5, 5.41) is 10.6. The zero-order chi connectivity index (χ0) is 15.6. The molecule has 1 aromatic carbocycles. The number of benzene rings is 1. The summed E-state index contributed by atoms with van der Waals surface area (Å²) in [6, 6.07) is 8.54. The molecule has 2 rings (SSSR count). The van der Waals surface area contributed by atoms with Crippen molar-refractivity contribution in [3.8, 4) is 0 Å². The third-order valence-electron chi connectivity index (χ3n) is 3.10. The van der Waals surface area contributed by atoms with Gasteiger partial charge in [0, 0.05) is 32.0 Å². The molecule has 2 N–H and O–H groups in total. The highest BCUT2D eigenvalue weighted by molar-refractivity contribution is 14.0. The van der Waals surface area contributed by atoms with Crippen molar-refractivity contribution in [2.75, 3.05) is 19.6 Å². The van der Waals surface area contributed by atoms with E-state index in [0.29, 0.717) is 13.0 Å². The number of hydrogen-bond acceptors (Lipinski definition) is 2. The van der Waals surface area contributed by atoms with E-state index in [1.54, 1.807) is 18.3 Å². The molecule has 0 unspecified atom stereocenters. The number of nitrogens with zero attached hydrogens (tertiary/aromatic N) is 3. The molecule has 1 heterocycles. The Labute approximate surface area is 153 Å². The van der Waals surface area contributed by atoms with E-state index in [2.05, 4.69) is 20.7 Å². The van der Waals surface area contributed by atoms with Gasteiger partial charge in [-0.2, -0.15) is 5.10 Å². The molecule has 126 valence electrons. The predicted molar refractivity (Wildman–Crippen MR) is 102 cm³/mol. The summed E-state index contributed by atoms with van der Waals surface area (Å²) >= 11 is 0. The topological polar surface area (TPSA) is 54.2 Å². The Morgan fingerprint density at radius 2 is 2.17 bits per heavy atom. The van der Waals surface area contributed by atoms with E-state index >= 15 is 0 Å². The van der Waals surface area contributed by atoms with Gasteiger partial charge >= 0.3 is 0 Å². The molecular weight excluding hydrogens is 408 g/mol. The Balaban J connectivity index is 0.00000264. The minimum absolute atomic E-state index is 0. The second-order valence-electron chi connectivity index (χ2n) is 4.84. The van der Waals surface area contributed by atoms with Crippen LogP contribution in [0.5, 0.6) is 0 Å². The summed E-state index contributed by atoms with van der Waals surface area (Å²) in [4.78, 5) is 4.50. The Morgan fingerprint density at radius 3 is 2.87 bits per heavy atom. The van der Waals surface area contributed by atoms with Crippen LogP contribution >= 0.6 is 24.0 Å². The van der Waals surface area contributed by atoms with Gasteiger partial charge in [-0.3, -0.25) is 9.67 Å². The molecule has 2 aromatic rings. The van der Waals surface area contributed by atoms with Crippen molar-refractivity contribution >= 4 is 29.9 Å². The maximum atomic E-state index is 13.1. The van der Waals surface area contributed by atoms with Gasteiger partial charge in [0.2, 0.25) is 0 Å². The number of hydrogen-bond donors (Lipinski definition) is 2. The van der Waals surface area contributed by atoms with Gasteiger partial charge in [0.05, 0.1) is 6.54 Å². The molecule has 0 amide bonds. The number of rotatable bonds is 7. The van der Waals surface area contributed by atoms with E-state index in [1.165, 1.54) is 6.07 Å². The van der Waals surface area contributed by atoms with Crippen LogP contribution in [0.15, 0.2) is 47.7 Å². The first kappa shape index (κ1) is 19.4. The monoisotopic (exact) mass is 431 g/mol. The molecule has 0 bridgehead atoms. The molecule has 0 aliphatic carbocycles. The number of aliphatic imine (C=N–C) groups is 1.